The Kier molecular flexibility index (Phi) is 6.64. The molecule has 1 rings (SSSR count). The summed E-state index contributed by atoms with van der Waals surface area (Å²) >= 11 is 0. The number of hydrogen-bond donors (Lipinski definition) is 2. The molecule has 0 aromatic heterocycles. The van der Waals surface area contributed by atoms with Crippen LogP contribution in [0.25, 0.3) is 0 Å². The van der Waals surface area contributed by atoms with E-state index < -0.39 is 5.97 Å². The van der Waals surface area contributed by atoms with Crippen molar-refractivity contribution in [1.82, 2.24) is 5.32 Å². The highest BCUT2D eigenvalue weighted by atomic mass is 16.4. The Morgan fingerprint density at radius 2 is 1.89 bits per heavy atom. The summed E-state index contributed by atoms with van der Waals surface area (Å²) in [6.45, 7) is 1.97. The second kappa shape index (κ2) is 8.29. The van der Waals surface area contributed by atoms with Crippen molar-refractivity contribution in [3.63, 3.8) is 0 Å². The van der Waals surface area contributed by atoms with Crippen molar-refractivity contribution in [2.45, 2.75) is 45.1 Å². The Labute approximate surface area is 113 Å². The zero-order valence-electron chi connectivity index (χ0n) is 11.3. The molecule has 0 bridgehead atoms. The van der Waals surface area contributed by atoms with Crippen LogP contribution in [-0.2, 0) is 16.0 Å². The first-order valence-corrected chi connectivity index (χ1v) is 6.63. The number of aryl methyl sites for hydroxylation is 1. The first-order chi connectivity index (χ1) is 9.08. The van der Waals surface area contributed by atoms with Crippen LogP contribution in [0.3, 0.4) is 0 Å². The first-order valence-electron chi connectivity index (χ1n) is 6.63. The lowest BCUT2D eigenvalue weighted by Gasteiger charge is -2.13. The minimum absolute atomic E-state index is 0.0474. The second-order valence-corrected chi connectivity index (χ2v) is 4.74. The van der Waals surface area contributed by atoms with Crippen LogP contribution in [0.2, 0.25) is 0 Å². The lowest BCUT2D eigenvalue weighted by atomic mass is 10.1. The molecule has 0 heterocycles. The third kappa shape index (κ3) is 7.24. The molecule has 2 N–H and O–H groups in total. The van der Waals surface area contributed by atoms with Gasteiger partial charge in [-0.3, -0.25) is 9.59 Å². The maximum atomic E-state index is 11.5. The van der Waals surface area contributed by atoms with E-state index >= 15 is 0 Å². The van der Waals surface area contributed by atoms with Gasteiger partial charge in [0.05, 0.1) is 0 Å². The normalized spacial score (nSPS) is 11.8. The summed E-state index contributed by atoms with van der Waals surface area (Å²) in [5.74, 6) is -0.924. The van der Waals surface area contributed by atoms with Gasteiger partial charge in [-0.2, -0.15) is 0 Å². The largest absolute Gasteiger partial charge is 0.481 e. The molecule has 0 aliphatic heterocycles. The molecule has 104 valence electrons. The van der Waals surface area contributed by atoms with Gasteiger partial charge in [-0.25, -0.2) is 0 Å². The van der Waals surface area contributed by atoms with Gasteiger partial charge in [0, 0.05) is 18.9 Å². The average molecular weight is 263 g/mol. The molecule has 4 nitrogen and oxygen atoms in total. The number of carboxylic acids is 1. The number of benzene rings is 1. The Morgan fingerprint density at radius 1 is 1.21 bits per heavy atom. The van der Waals surface area contributed by atoms with E-state index in [0.717, 1.165) is 12.8 Å². The number of carbonyl (C=O) groups is 2. The molecular weight excluding hydrogens is 242 g/mol. The van der Waals surface area contributed by atoms with E-state index in [2.05, 4.69) is 17.4 Å². The van der Waals surface area contributed by atoms with E-state index in [1.165, 1.54) is 5.56 Å². The molecule has 0 saturated carbocycles. The fourth-order valence-electron chi connectivity index (χ4n) is 1.85. The smallest absolute Gasteiger partial charge is 0.303 e. The fourth-order valence-corrected chi connectivity index (χ4v) is 1.85. The molecule has 1 aromatic carbocycles. The fraction of sp³-hybridized carbons (Fsp3) is 0.467. The summed E-state index contributed by atoms with van der Waals surface area (Å²) in [6, 6.07) is 10.2. The number of carboxylic acid groups (broad SMARTS) is 1. The zero-order chi connectivity index (χ0) is 14.1. The molecule has 19 heavy (non-hydrogen) atoms. The van der Waals surface area contributed by atoms with Crippen LogP contribution in [0.1, 0.15) is 38.2 Å². The highest BCUT2D eigenvalue weighted by Crippen LogP contribution is 2.05. The summed E-state index contributed by atoms with van der Waals surface area (Å²) in [6.07, 6.45) is 2.53. The van der Waals surface area contributed by atoms with Crippen molar-refractivity contribution in [1.29, 1.82) is 0 Å². The highest BCUT2D eigenvalue weighted by molar-refractivity contribution is 5.77. The Morgan fingerprint density at radius 3 is 2.53 bits per heavy atom. The Balaban J connectivity index is 2.18. The van der Waals surface area contributed by atoms with Crippen LogP contribution in [0.4, 0.5) is 0 Å². The monoisotopic (exact) mass is 263 g/mol. The van der Waals surface area contributed by atoms with Crippen LogP contribution < -0.4 is 5.32 Å². The predicted octanol–water partition coefficient (Wildman–Crippen LogP) is 2.38. The molecule has 1 amide bonds. The van der Waals surface area contributed by atoms with Crippen molar-refractivity contribution < 1.29 is 14.7 Å². The standard InChI is InChI=1S/C15H21NO3/c1-12(10-11-13-6-3-2-4-7-13)16-14(17)8-5-9-15(18)19/h2-4,6-7,12H,5,8-11H2,1H3,(H,16,17)(H,18,19)/t12-/m0/s1. The maximum Gasteiger partial charge on any atom is 0.303 e. The number of hydrogen-bond acceptors (Lipinski definition) is 2. The predicted molar refractivity (Wildman–Crippen MR) is 73.9 cm³/mol. The SMILES string of the molecule is C[C@@H](CCc1ccccc1)NC(=O)CCCC(=O)O. The molecule has 0 unspecified atom stereocenters. The highest BCUT2D eigenvalue weighted by Gasteiger charge is 2.08. The van der Waals surface area contributed by atoms with Gasteiger partial charge in [0.1, 0.15) is 0 Å². The van der Waals surface area contributed by atoms with Gasteiger partial charge >= 0.3 is 5.97 Å². The molecule has 4 heteroatoms. The van der Waals surface area contributed by atoms with E-state index in [1.807, 2.05) is 25.1 Å². The van der Waals surface area contributed by atoms with Crippen molar-refractivity contribution >= 4 is 11.9 Å². The number of aliphatic carboxylic acids is 1. The number of amides is 1. The number of carbonyl (C=O) groups excluding carboxylic acids is 1. The molecule has 1 aromatic rings. The quantitative estimate of drug-likeness (QED) is 0.756. The summed E-state index contributed by atoms with van der Waals surface area (Å²) in [7, 11) is 0. The molecule has 1 atom stereocenters. The minimum atomic E-state index is -0.857. The minimum Gasteiger partial charge on any atom is -0.481 e. The van der Waals surface area contributed by atoms with Gasteiger partial charge in [-0.15, -0.1) is 0 Å². The van der Waals surface area contributed by atoms with Crippen LogP contribution in [0.5, 0.6) is 0 Å². The third-order valence-electron chi connectivity index (χ3n) is 2.91. The van der Waals surface area contributed by atoms with Crippen LogP contribution >= 0.6 is 0 Å². The third-order valence-corrected chi connectivity index (χ3v) is 2.91. The molecule has 0 aliphatic carbocycles. The number of rotatable bonds is 8. The van der Waals surface area contributed by atoms with Crippen LogP contribution in [0, 0.1) is 0 Å². The van der Waals surface area contributed by atoms with Gasteiger partial charge in [0.25, 0.3) is 0 Å². The molecule has 0 saturated heterocycles. The van der Waals surface area contributed by atoms with Crippen molar-refractivity contribution in [3.05, 3.63) is 35.9 Å². The summed E-state index contributed by atoms with van der Waals surface area (Å²) in [5.41, 5.74) is 1.26. The van der Waals surface area contributed by atoms with E-state index in [9.17, 15) is 9.59 Å². The summed E-state index contributed by atoms with van der Waals surface area (Å²) in [4.78, 5) is 21.9. The zero-order valence-corrected chi connectivity index (χ0v) is 11.3. The molecule has 0 fully saturated rings. The molecular formula is C15H21NO3. The average Bonchev–Trinajstić information content (AvgIpc) is 2.37. The Hall–Kier alpha value is -1.84. The molecule has 0 radical (unpaired) electrons. The van der Waals surface area contributed by atoms with Crippen molar-refractivity contribution in [2.24, 2.45) is 0 Å². The van der Waals surface area contributed by atoms with Gasteiger partial charge < -0.3 is 10.4 Å². The van der Waals surface area contributed by atoms with E-state index in [-0.39, 0.29) is 24.8 Å². The van der Waals surface area contributed by atoms with Crippen LogP contribution in [0.15, 0.2) is 30.3 Å². The lowest BCUT2D eigenvalue weighted by Crippen LogP contribution is -2.32. The van der Waals surface area contributed by atoms with Gasteiger partial charge in [0.2, 0.25) is 5.91 Å². The van der Waals surface area contributed by atoms with E-state index in [0.29, 0.717) is 6.42 Å². The second-order valence-electron chi connectivity index (χ2n) is 4.74. The molecule has 0 aliphatic rings. The van der Waals surface area contributed by atoms with E-state index in [4.69, 9.17) is 5.11 Å². The first kappa shape index (κ1) is 15.2. The topological polar surface area (TPSA) is 66.4 Å². The maximum absolute atomic E-state index is 11.5. The lowest BCUT2D eigenvalue weighted by molar-refractivity contribution is -0.137. The van der Waals surface area contributed by atoms with Gasteiger partial charge in [-0.1, -0.05) is 30.3 Å². The van der Waals surface area contributed by atoms with Gasteiger partial charge in [0.15, 0.2) is 0 Å². The number of nitrogens with one attached hydrogen (secondary N) is 1. The van der Waals surface area contributed by atoms with Crippen molar-refractivity contribution in [3.8, 4) is 0 Å². The van der Waals surface area contributed by atoms with Crippen molar-refractivity contribution in [2.75, 3.05) is 0 Å². The van der Waals surface area contributed by atoms with E-state index in [1.54, 1.807) is 0 Å². The Bertz CT molecular complexity index is 403. The molecule has 0 spiro atoms. The van der Waals surface area contributed by atoms with Crippen LogP contribution in [-0.4, -0.2) is 23.0 Å². The van der Waals surface area contributed by atoms with Gasteiger partial charge in [-0.05, 0) is 31.7 Å². The summed E-state index contributed by atoms with van der Waals surface area (Å²) < 4.78 is 0. The summed E-state index contributed by atoms with van der Waals surface area (Å²) in [5, 5.41) is 11.4.